The molecule has 1 unspecified atom stereocenters. The number of hydrazone groups is 1. The van der Waals surface area contributed by atoms with Crippen molar-refractivity contribution in [2.24, 2.45) is 11.0 Å². The molecule has 1 heterocycles. The predicted octanol–water partition coefficient (Wildman–Crippen LogP) is 4.35. The highest BCUT2D eigenvalue weighted by Gasteiger charge is 2.32. The predicted molar refractivity (Wildman–Crippen MR) is 120 cm³/mol. The maximum atomic E-state index is 14.2. The topological polar surface area (TPSA) is 80.2 Å². The van der Waals surface area contributed by atoms with Crippen LogP contribution in [0.3, 0.4) is 0 Å². The molecule has 0 aliphatic carbocycles. The highest BCUT2D eigenvalue weighted by atomic mass is 19.1. The van der Waals surface area contributed by atoms with Gasteiger partial charge in [-0.25, -0.2) is 9.40 Å². The number of benzene rings is 2. The molecule has 2 amide bonds. The SMILES string of the molecule is CCC(=O)Nc1ccc(CN2N=C(c3ccc(F)c(OC)c3OC)C(CC)CC2=O)cc1. The Labute approximate surface area is 187 Å². The van der Waals surface area contributed by atoms with Crippen LogP contribution in [0.1, 0.15) is 44.2 Å². The lowest BCUT2D eigenvalue weighted by atomic mass is 9.89. The molecule has 2 aromatic carbocycles. The van der Waals surface area contributed by atoms with E-state index in [1.165, 1.54) is 25.3 Å². The van der Waals surface area contributed by atoms with Crippen molar-refractivity contribution >= 4 is 23.2 Å². The Kier molecular flexibility index (Phi) is 7.45. The third kappa shape index (κ3) is 4.90. The van der Waals surface area contributed by atoms with Gasteiger partial charge in [-0.2, -0.15) is 5.10 Å². The van der Waals surface area contributed by atoms with Crippen LogP contribution >= 0.6 is 0 Å². The zero-order valence-corrected chi connectivity index (χ0v) is 18.8. The smallest absolute Gasteiger partial charge is 0.243 e. The quantitative estimate of drug-likeness (QED) is 0.660. The van der Waals surface area contributed by atoms with Gasteiger partial charge in [0.1, 0.15) is 0 Å². The fourth-order valence-electron chi connectivity index (χ4n) is 3.66. The van der Waals surface area contributed by atoms with Crippen LogP contribution in [0.25, 0.3) is 0 Å². The molecule has 0 saturated heterocycles. The minimum Gasteiger partial charge on any atom is -0.492 e. The number of halogens is 1. The highest BCUT2D eigenvalue weighted by molar-refractivity contribution is 6.08. The molecule has 1 N–H and O–H groups in total. The van der Waals surface area contributed by atoms with Crippen molar-refractivity contribution < 1.29 is 23.5 Å². The van der Waals surface area contributed by atoms with Gasteiger partial charge < -0.3 is 14.8 Å². The first-order chi connectivity index (χ1) is 15.4. The van der Waals surface area contributed by atoms with Gasteiger partial charge in [0.15, 0.2) is 17.3 Å². The van der Waals surface area contributed by atoms with E-state index < -0.39 is 5.82 Å². The Balaban J connectivity index is 1.92. The molecule has 1 atom stereocenters. The first-order valence-electron chi connectivity index (χ1n) is 10.6. The molecule has 1 aliphatic rings. The van der Waals surface area contributed by atoms with Gasteiger partial charge in [-0.05, 0) is 36.2 Å². The number of methoxy groups -OCH3 is 2. The van der Waals surface area contributed by atoms with Crippen LogP contribution in [0, 0.1) is 11.7 Å². The minimum absolute atomic E-state index is 0.00992. The number of hydrogen-bond acceptors (Lipinski definition) is 5. The van der Waals surface area contributed by atoms with E-state index >= 15 is 0 Å². The number of amides is 2. The van der Waals surface area contributed by atoms with Gasteiger partial charge in [0.25, 0.3) is 0 Å². The molecular weight excluding hydrogens is 413 g/mol. The van der Waals surface area contributed by atoms with Gasteiger partial charge in [-0.1, -0.05) is 26.0 Å². The first-order valence-corrected chi connectivity index (χ1v) is 10.6. The third-order valence-corrected chi connectivity index (χ3v) is 5.46. The lowest BCUT2D eigenvalue weighted by molar-refractivity contribution is -0.133. The normalized spacial score (nSPS) is 15.9. The van der Waals surface area contributed by atoms with E-state index in [0.29, 0.717) is 36.2 Å². The largest absolute Gasteiger partial charge is 0.492 e. The van der Waals surface area contributed by atoms with Gasteiger partial charge in [0, 0.05) is 30.0 Å². The molecule has 0 fully saturated rings. The maximum Gasteiger partial charge on any atom is 0.243 e. The Morgan fingerprint density at radius 3 is 2.41 bits per heavy atom. The summed E-state index contributed by atoms with van der Waals surface area (Å²) < 4.78 is 24.8. The Hall–Kier alpha value is -3.42. The molecule has 1 aliphatic heterocycles. The second-order valence-corrected chi connectivity index (χ2v) is 7.51. The molecule has 2 aromatic rings. The Bertz CT molecular complexity index is 1020. The molecule has 3 rings (SSSR count). The van der Waals surface area contributed by atoms with Crippen LogP contribution in [0.15, 0.2) is 41.5 Å². The minimum atomic E-state index is -0.527. The van der Waals surface area contributed by atoms with Crippen molar-refractivity contribution in [3.8, 4) is 11.5 Å². The van der Waals surface area contributed by atoms with Crippen molar-refractivity contribution in [2.75, 3.05) is 19.5 Å². The van der Waals surface area contributed by atoms with E-state index in [1.54, 1.807) is 25.1 Å². The number of hydrogen-bond donors (Lipinski definition) is 1. The summed E-state index contributed by atoms with van der Waals surface area (Å²) in [6, 6.07) is 10.2. The monoisotopic (exact) mass is 441 g/mol. The second kappa shape index (κ2) is 10.3. The summed E-state index contributed by atoms with van der Waals surface area (Å²) in [6.07, 6.45) is 1.40. The standard InChI is InChI=1S/C24H28FN3O4/c1-5-16-13-21(30)28(14-15-7-9-17(10-8-15)26-20(29)6-2)27-22(16)18-11-12-19(25)24(32-4)23(18)31-3/h7-12,16H,5-6,13-14H2,1-4H3,(H,26,29). The summed E-state index contributed by atoms with van der Waals surface area (Å²) in [5, 5.41) is 8.88. The molecule has 0 aromatic heterocycles. The molecule has 0 saturated carbocycles. The summed E-state index contributed by atoms with van der Waals surface area (Å²) in [4.78, 5) is 24.3. The third-order valence-electron chi connectivity index (χ3n) is 5.46. The van der Waals surface area contributed by atoms with Crippen molar-refractivity contribution in [1.82, 2.24) is 5.01 Å². The number of nitrogens with zero attached hydrogens (tertiary/aromatic N) is 2. The molecule has 8 heteroatoms. The van der Waals surface area contributed by atoms with E-state index in [4.69, 9.17) is 9.47 Å². The second-order valence-electron chi connectivity index (χ2n) is 7.51. The summed E-state index contributed by atoms with van der Waals surface area (Å²) in [5.41, 5.74) is 2.83. The number of carbonyl (C=O) groups excluding carboxylic acids is 2. The van der Waals surface area contributed by atoms with Crippen LogP contribution < -0.4 is 14.8 Å². The van der Waals surface area contributed by atoms with E-state index in [-0.39, 0.29) is 35.8 Å². The van der Waals surface area contributed by atoms with Crippen LogP contribution in [0.2, 0.25) is 0 Å². The van der Waals surface area contributed by atoms with Crippen LogP contribution in [-0.2, 0) is 16.1 Å². The summed E-state index contributed by atoms with van der Waals surface area (Å²) in [5.74, 6) is -0.523. The van der Waals surface area contributed by atoms with E-state index in [9.17, 15) is 14.0 Å². The Morgan fingerprint density at radius 1 is 1.12 bits per heavy atom. The lowest BCUT2D eigenvalue weighted by Crippen LogP contribution is -2.37. The molecule has 7 nitrogen and oxygen atoms in total. The fourth-order valence-corrected chi connectivity index (χ4v) is 3.66. The van der Waals surface area contributed by atoms with Crippen LogP contribution in [0.5, 0.6) is 11.5 Å². The van der Waals surface area contributed by atoms with Crippen molar-refractivity contribution in [3.05, 3.63) is 53.3 Å². The number of anilines is 1. The summed E-state index contributed by atoms with van der Waals surface area (Å²) in [6.45, 7) is 4.05. The Morgan fingerprint density at radius 2 is 1.81 bits per heavy atom. The zero-order valence-electron chi connectivity index (χ0n) is 18.8. The van der Waals surface area contributed by atoms with Gasteiger partial charge in [-0.3, -0.25) is 9.59 Å². The molecule has 170 valence electrons. The van der Waals surface area contributed by atoms with Gasteiger partial charge in [-0.15, -0.1) is 0 Å². The van der Waals surface area contributed by atoms with Gasteiger partial charge >= 0.3 is 0 Å². The zero-order chi connectivity index (χ0) is 23.3. The van der Waals surface area contributed by atoms with Crippen molar-refractivity contribution in [1.29, 1.82) is 0 Å². The summed E-state index contributed by atoms with van der Waals surface area (Å²) >= 11 is 0. The number of ether oxygens (including phenoxy) is 2. The average Bonchev–Trinajstić information content (AvgIpc) is 2.80. The average molecular weight is 442 g/mol. The van der Waals surface area contributed by atoms with Crippen LogP contribution in [0.4, 0.5) is 10.1 Å². The number of rotatable bonds is 8. The molecular formula is C24H28FN3O4. The first kappa shape index (κ1) is 23.2. The molecule has 0 spiro atoms. The molecule has 32 heavy (non-hydrogen) atoms. The molecule has 0 radical (unpaired) electrons. The van der Waals surface area contributed by atoms with Crippen molar-refractivity contribution in [3.63, 3.8) is 0 Å². The molecule has 0 bridgehead atoms. The van der Waals surface area contributed by atoms with E-state index in [0.717, 1.165) is 5.56 Å². The maximum absolute atomic E-state index is 14.2. The highest BCUT2D eigenvalue weighted by Crippen LogP contribution is 2.37. The summed E-state index contributed by atoms with van der Waals surface area (Å²) in [7, 11) is 2.83. The van der Waals surface area contributed by atoms with Crippen molar-refractivity contribution in [2.45, 2.75) is 39.7 Å². The van der Waals surface area contributed by atoms with E-state index in [2.05, 4.69) is 10.4 Å². The fraction of sp³-hybridized carbons (Fsp3) is 0.375. The lowest BCUT2D eigenvalue weighted by Gasteiger charge is -2.30. The van der Waals surface area contributed by atoms with Gasteiger partial charge in [0.2, 0.25) is 11.8 Å². The van der Waals surface area contributed by atoms with Crippen LogP contribution in [-0.4, -0.2) is 36.8 Å². The van der Waals surface area contributed by atoms with Gasteiger partial charge in [0.05, 0.1) is 26.5 Å². The number of nitrogens with one attached hydrogen (secondary N) is 1. The van der Waals surface area contributed by atoms with E-state index in [1.807, 2.05) is 19.1 Å². The number of carbonyl (C=O) groups is 2.